The van der Waals surface area contributed by atoms with Gasteiger partial charge >= 0.3 is 0 Å². The number of thioether (sulfide) groups is 3. The molecular formula is C37H44N8S3. The predicted molar refractivity (Wildman–Crippen MR) is 200 cm³/mol. The van der Waals surface area contributed by atoms with Crippen molar-refractivity contribution in [1.82, 2.24) is 20.2 Å². The summed E-state index contributed by atoms with van der Waals surface area (Å²) in [4.78, 5) is 6.07. The highest BCUT2D eigenvalue weighted by atomic mass is 32.2. The van der Waals surface area contributed by atoms with Gasteiger partial charge in [0.25, 0.3) is 0 Å². The van der Waals surface area contributed by atoms with Crippen LogP contribution in [0.25, 0.3) is 0 Å². The number of anilines is 1. The van der Waals surface area contributed by atoms with E-state index in [9.17, 15) is 10.5 Å². The van der Waals surface area contributed by atoms with E-state index in [2.05, 4.69) is 101 Å². The Bertz CT molecular complexity index is 1720. The molecule has 0 spiro atoms. The fourth-order valence-electron chi connectivity index (χ4n) is 7.15. The number of fused-ring (bicyclic) bond motifs is 6. The zero-order chi connectivity index (χ0) is 33.6. The van der Waals surface area contributed by atoms with Gasteiger partial charge in [-0.1, -0.05) is 87.3 Å². The summed E-state index contributed by atoms with van der Waals surface area (Å²) in [5, 5.41) is 31.8. The van der Waals surface area contributed by atoms with Crippen molar-refractivity contribution in [1.29, 1.82) is 10.5 Å². The van der Waals surface area contributed by atoms with Gasteiger partial charge in [-0.2, -0.15) is 15.6 Å². The maximum atomic E-state index is 9.64. The van der Waals surface area contributed by atoms with Crippen LogP contribution in [0.15, 0.2) is 80.6 Å². The number of hydrazine groups is 1. The van der Waals surface area contributed by atoms with E-state index < -0.39 is 0 Å². The molecule has 6 atom stereocenters. The van der Waals surface area contributed by atoms with Crippen molar-refractivity contribution in [2.45, 2.75) is 92.3 Å². The molecule has 6 unspecified atom stereocenters. The first kappa shape index (κ1) is 34.5. The number of allylic oxidation sites excluding steroid dienone is 1. The monoisotopic (exact) mass is 696 g/mol. The topological polar surface area (TPSA) is 105 Å². The Kier molecular flexibility index (Phi) is 11.4. The number of nitrogens with zero attached hydrogens (tertiary/aromatic N) is 6. The molecule has 3 aromatic rings. The van der Waals surface area contributed by atoms with Gasteiger partial charge in [-0.15, -0.1) is 23.5 Å². The van der Waals surface area contributed by atoms with Gasteiger partial charge in [-0.25, -0.2) is 10.1 Å². The minimum Gasteiger partial charge on any atom is -0.366 e. The van der Waals surface area contributed by atoms with Gasteiger partial charge in [0.15, 0.2) is 6.17 Å². The van der Waals surface area contributed by atoms with Crippen LogP contribution >= 0.6 is 35.3 Å². The fraction of sp³-hybridized carbons (Fsp3) is 0.459. The molecule has 2 aromatic carbocycles. The zero-order valence-electron chi connectivity index (χ0n) is 28.1. The lowest BCUT2D eigenvalue weighted by Gasteiger charge is -2.36. The average molecular weight is 697 g/mol. The van der Waals surface area contributed by atoms with Gasteiger partial charge in [0.1, 0.15) is 28.4 Å². The molecule has 1 aromatic heterocycles. The van der Waals surface area contributed by atoms with E-state index in [0.29, 0.717) is 17.5 Å². The van der Waals surface area contributed by atoms with Crippen LogP contribution in [0, 0.1) is 34.5 Å². The Morgan fingerprint density at radius 3 is 2.48 bits per heavy atom. The first-order chi connectivity index (χ1) is 23.5. The quantitative estimate of drug-likeness (QED) is 0.202. The Morgan fingerprint density at radius 1 is 1.00 bits per heavy atom. The summed E-state index contributed by atoms with van der Waals surface area (Å²) in [5.74, 6) is 1.29. The third-order valence-corrected chi connectivity index (χ3v) is 12.2. The minimum atomic E-state index is -0.142. The highest BCUT2D eigenvalue weighted by Crippen LogP contribution is 2.48. The second-order valence-corrected chi connectivity index (χ2v) is 15.4. The molecule has 0 amide bonds. The zero-order valence-corrected chi connectivity index (χ0v) is 30.5. The molecule has 0 radical (unpaired) electrons. The average Bonchev–Trinajstić information content (AvgIpc) is 3.81. The lowest BCUT2D eigenvalue weighted by molar-refractivity contribution is 0.258. The standard InChI is InChI=1S/C19H22N4S.C18H22N4S2/c1-3-4-9-16-14-10-12-7-5-6-8-13(12)17(14)23-18(21-16)15(11-20)19(22-23)24-2;1-3-4-8-13-11-16(24-14-9-6-5-7-10-14)22-17(20-13)15(12-19)18(21-22)23-2/h5-8,14,16-17,21H,3-4,9-10H2,1-2H3;5-7,9-11,15,17-18,21H,3-4,8H2,1-2H3. The Morgan fingerprint density at radius 2 is 1.77 bits per heavy atom. The third kappa shape index (κ3) is 6.89. The molecule has 2 N–H and O–H groups in total. The van der Waals surface area contributed by atoms with Crippen molar-refractivity contribution >= 4 is 46.8 Å². The molecule has 4 aliphatic rings. The summed E-state index contributed by atoms with van der Waals surface area (Å²) < 4.78 is 2.09. The van der Waals surface area contributed by atoms with Crippen LogP contribution in [0.4, 0.5) is 5.82 Å². The number of benzene rings is 2. The Balaban J connectivity index is 0.000000167. The number of hydrogen-bond donors (Lipinski definition) is 2. The molecule has 4 heterocycles. The number of hydrogen-bond acceptors (Lipinski definition) is 10. The van der Waals surface area contributed by atoms with Crippen LogP contribution in [0.2, 0.25) is 0 Å². The second kappa shape index (κ2) is 15.9. The summed E-state index contributed by atoms with van der Waals surface area (Å²) in [5.41, 5.74) is 8.09. The second-order valence-electron chi connectivity index (χ2n) is 12.5. The predicted octanol–water partition coefficient (Wildman–Crippen LogP) is 8.46. The molecule has 0 saturated carbocycles. The van der Waals surface area contributed by atoms with E-state index >= 15 is 0 Å². The third-order valence-electron chi connectivity index (χ3n) is 9.55. The van der Waals surface area contributed by atoms with Crippen molar-refractivity contribution in [3.05, 3.63) is 82.4 Å². The van der Waals surface area contributed by atoms with E-state index in [1.807, 2.05) is 18.6 Å². The summed E-state index contributed by atoms with van der Waals surface area (Å²) in [6, 6.07) is 24.6. The lowest BCUT2D eigenvalue weighted by Crippen LogP contribution is -2.40. The highest BCUT2D eigenvalue weighted by molar-refractivity contribution is 8.03. The first-order valence-electron chi connectivity index (χ1n) is 16.9. The van der Waals surface area contributed by atoms with Crippen molar-refractivity contribution in [2.24, 2.45) is 16.8 Å². The molecule has 48 heavy (non-hydrogen) atoms. The number of nitrogens with one attached hydrogen (secondary N) is 2. The smallest absolute Gasteiger partial charge is 0.154 e. The molecule has 11 heteroatoms. The highest BCUT2D eigenvalue weighted by Gasteiger charge is 2.45. The van der Waals surface area contributed by atoms with Crippen LogP contribution in [0.3, 0.4) is 0 Å². The summed E-state index contributed by atoms with van der Waals surface area (Å²) in [7, 11) is 0. The van der Waals surface area contributed by atoms with Crippen LogP contribution in [-0.2, 0) is 6.42 Å². The minimum absolute atomic E-state index is 0.0778. The van der Waals surface area contributed by atoms with Crippen LogP contribution in [0.5, 0.6) is 0 Å². The molecular weight excluding hydrogens is 653 g/mol. The van der Waals surface area contributed by atoms with E-state index in [1.165, 1.54) is 28.9 Å². The molecule has 1 aliphatic carbocycles. The molecule has 0 bridgehead atoms. The Hall–Kier alpha value is -3.35. The van der Waals surface area contributed by atoms with Gasteiger partial charge in [-0.3, -0.25) is 10.0 Å². The van der Waals surface area contributed by atoms with Crippen molar-refractivity contribution in [2.75, 3.05) is 17.8 Å². The number of aliphatic imine (C=N–C) groups is 1. The van der Waals surface area contributed by atoms with Gasteiger partial charge in [0.2, 0.25) is 0 Å². The SMILES string of the molecule is CCCCC1=NC2C(C#N)C(SC)NN2C(Sc2ccccc2)=C1.CCCCC1Nc2c(C#N)c(SC)nn2C2c3ccccc3CC12. The van der Waals surface area contributed by atoms with Gasteiger partial charge in [0, 0.05) is 22.6 Å². The fourth-order valence-corrected chi connectivity index (χ4v) is 9.37. The van der Waals surface area contributed by atoms with E-state index in [0.717, 1.165) is 53.7 Å². The van der Waals surface area contributed by atoms with Crippen LogP contribution in [-0.4, -0.2) is 50.6 Å². The number of unbranched alkanes of at least 4 members (excludes halogenated alkanes) is 2. The molecule has 8 nitrogen and oxygen atoms in total. The largest absolute Gasteiger partial charge is 0.366 e. The summed E-state index contributed by atoms with van der Waals surface area (Å²) in [6.07, 6.45) is 14.0. The number of rotatable bonds is 10. The molecule has 3 aliphatic heterocycles. The molecule has 7 rings (SSSR count). The Labute approximate surface area is 297 Å². The van der Waals surface area contributed by atoms with Gasteiger partial charge < -0.3 is 5.32 Å². The van der Waals surface area contributed by atoms with E-state index in [1.54, 1.807) is 35.3 Å². The van der Waals surface area contributed by atoms with Crippen LogP contribution in [0.1, 0.15) is 75.1 Å². The van der Waals surface area contributed by atoms with E-state index in [4.69, 9.17) is 10.1 Å². The number of nitriles is 2. The maximum Gasteiger partial charge on any atom is 0.154 e. The normalized spacial score (nSPS) is 24.8. The van der Waals surface area contributed by atoms with Gasteiger partial charge in [-0.05, 0) is 67.5 Å². The lowest BCUT2D eigenvalue weighted by atomic mass is 9.87. The molecule has 1 fully saturated rings. The first-order valence-corrected chi connectivity index (χ1v) is 20.3. The van der Waals surface area contributed by atoms with Crippen molar-refractivity contribution in [3.8, 4) is 12.1 Å². The van der Waals surface area contributed by atoms with Crippen LogP contribution < -0.4 is 10.7 Å². The van der Waals surface area contributed by atoms with Crippen molar-refractivity contribution < 1.29 is 0 Å². The summed E-state index contributed by atoms with van der Waals surface area (Å²) in [6.45, 7) is 4.43. The molecule has 250 valence electrons. The van der Waals surface area contributed by atoms with Gasteiger partial charge in [0.05, 0.1) is 22.5 Å². The van der Waals surface area contributed by atoms with Crippen molar-refractivity contribution in [3.63, 3.8) is 0 Å². The molecule has 1 saturated heterocycles. The summed E-state index contributed by atoms with van der Waals surface area (Å²) >= 11 is 4.96. The maximum absolute atomic E-state index is 9.64. The number of aromatic nitrogens is 2. The van der Waals surface area contributed by atoms with E-state index in [-0.39, 0.29) is 23.5 Å².